The van der Waals surface area contributed by atoms with Gasteiger partial charge in [0.15, 0.2) is 5.96 Å². The number of benzene rings is 1. The van der Waals surface area contributed by atoms with Gasteiger partial charge in [-0.05, 0) is 38.0 Å². The van der Waals surface area contributed by atoms with E-state index in [-0.39, 0.29) is 5.82 Å². The lowest BCUT2D eigenvalue weighted by atomic mass is 10.2. The number of hydrogen-bond acceptors (Lipinski definition) is 3. The van der Waals surface area contributed by atoms with Crippen LogP contribution < -0.4 is 10.2 Å². The van der Waals surface area contributed by atoms with Crippen LogP contribution in [0.25, 0.3) is 0 Å². The van der Waals surface area contributed by atoms with Gasteiger partial charge in [0.25, 0.3) is 0 Å². The van der Waals surface area contributed by atoms with Gasteiger partial charge in [-0.25, -0.2) is 4.39 Å². The van der Waals surface area contributed by atoms with E-state index in [1.807, 2.05) is 37.9 Å². The first-order valence-electron chi connectivity index (χ1n) is 10.0. The molecule has 0 spiro atoms. The zero-order chi connectivity index (χ0) is 19.2. The van der Waals surface area contributed by atoms with E-state index in [1.54, 1.807) is 6.07 Å². The maximum Gasteiger partial charge on any atom is 0.193 e. The van der Waals surface area contributed by atoms with Crippen LogP contribution in [0.3, 0.4) is 0 Å². The summed E-state index contributed by atoms with van der Waals surface area (Å²) in [5.74, 6) is 0.744. The minimum atomic E-state index is -0.157. The first-order chi connectivity index (χ1) is 13.2. The normalized spacial score (nSPS) is 20.5. The van der Waals surface area contributed by atoms with Gasteiger partial charge in [0.1, 0.15) is 5.82 Å². The summed E-state index contributed by atoms with van der Waals surface area (Å²) in [6.07, 6.45) is 5.65. The molecule has 2 aliphatic heterocycles. The Hall–Kier alpha value is -2.08. The Morgan fingerprint density at radius 2 is 2.00 bits per heavy atom. The molecule has 1 aromatic carbocycles. The van der Waals surface area contributed by atoms with Crippen molar-refractivity contribution < 1.29 is 4.39 Å². The molecule has 1 saturated heterocycles. The molecule has 1 aromatic rings. The SMILES string of the molecule is CCN(CC)c1ccc(CNC(=NC)N2CCC(N3CC=CC3)C2)cc1F. The Labute approximate surface area is 162 Å². The second-order valence-electron chi connectivity index (χ2n) is 7.17. The summed E-state index contributed by atoms with van der Waals surface area (Å²) in [6.45, 7) is 10.4. The third-order valence-corrected chi connectivity index (χ3v) is 5.60. The molecule has 0 bridgehead atoms. The van der Waals surface area contributed by atoms with Crippen molar-refractivity contribution in [3.8, 4) is 0 Å². The quantitative estimate of drug-likeness (QED) is 0.472. The maximum absolute atomic E-state index is 14.5. The van der Waals surface area contributed by atoms with Gasteiger partial charge in [0.2, 0.25) is 0 Å². The van der Waals surface area contributed by atoms with Crippen LogP contribution in [0.2, 0.25) is 0 Å². The Morgan fingerprint density at radius 1 is 1.26 bits per heavy atom. The number of aliphatic imine (C=N–C) groups is 1. The third kappa shape index (κ3) is 4.61. The average molecular weight is 374 g/mol. The van der Waals surface area contributed by atoms with Crippen molar-refractivity contribution in [3.05, 3.63) is 41.7 Å². The van der Waals surface area contributed by atoms with Gasteiger partial charge in [-0.3, -0.25) is 9.89 Å². The highest BCUT2D eigenvalue weighted by Crippen LogP contribution is 2.21. The monoisotopic (exact) mass is 373 g/mol. The fourth-order valence-electron chi connectivity index (χ4n) is 4.02. The molecule has 3 rings (SSSR count). The summed E-state index contributed by atoms with van der Waals surface area (Å²) in [4.78, 5) is 11.3. The lowest BCUT2D eigenvalue weighted by Gasteiger charge is -2.25. The molecule has 0 aliphatic carbocycles. The van der Waals surface area contributed by atoms with E-state index in [9.17, 15) is 4.39 Å². The molecule has 0 aromatic heterocycles. The summed E-state index contributed by atoms with van der Waals surface area (Å²) in [5.41, 5.74) is 1.61. The number of anilines is 1. The zero-order valence-corrected chi connectivity index (χ0v) is 16.8. The van der Waals surface area contributed by atoms with Gasteiger partial charge in [-0.15, -0.1) is 0 Å². The van der Waals surface area contributed by atoms with Crippen LogP contribution in [0, 0.1) is 5.82 Å². The van der Waals surface area contributed by atoms with Gasteiger partial charge >= 0.3 is 0 Å². The molecule has 0 amide bonds. The van der Waals surface area contributed by atoms with Crippen LogP contribution >= 0.6 is 0 Å². The molecule has 1 fully saturated rings. The number of nitrogens with one attached hydrogen (secondary N) is 1. The van der Waals surface area contributed by atoms with Crippen LogP contribution in [-0.4, -0.2) is 68.1 Å². The standard InChI is InChI=1S/C21H32FN5/c1-4-25(5-2)20-9-8-17(14-19(20)22)15-24-21(23-3)27-13-10-18(16-27)26-11-6-7-12-26/h6-9,14,18H,4-5,10-13,15-16H2,1-3H3,(H,23,24). The van der Waals surface area contributed by atoms with Crippen LogP contribution in [-0.2, 0) is 6.54 Å². The van der Waals surface area contributed by atoms with E-state index < -0.39 is 0 Å². The fraction of sp³-hybridized carbons (Fsp3) is 0.571. The Balaban J connectivity index is 1.56. The second kappa shape index (κ2) is 9.22. The summed E-state index contributed by atoms with van der Waals surface area (Å²) in [5, 5.41) is 3.40. The number of nitrogens with zero attached hydrogens (tertiary/aromatic N) is 4. The molecule has 0 radical (unpaired) electrons. The predicted molar refractivity (Wildman–Crippen MR) is 111 cm³/mol. The lowest BCUT2D eigenvalue weighted by molar-refractivity contribution is 0.259. The molecule has 0 saturated carbocycles. The maximum atomic E-state index is 14.5. The Kier molecular flexibility index (Phi) is 6.72. The number of rotatable bonds is 6. The molecule has 1 atom stereocenters. The average Bonchev–Trinajstić information content (AvgIpc) is 3.36. The highest BCUT2D eigenvalue weighted by atomic mass is 19.1. The largest absolute Gasteiger partial charge is 0.370 e. The van der Waals surface area contributed by atoms with Crippen LogP contribution in [0.5, 0.6) is 0 Å². The van der Waals surface area contributed by atoms with Crippen LogP contribution in [0.1, 0.15) is 25.8 Å². The first kappa shape index (κ1) is 19.7. The Bertz CT molecular complexity index is 675. The molecule has 1 N–H and O–H groups in total. The van der Waals surface area contributed by atoms with E-state index in [0.29, 0.717) is 18.3 Å². The topological polar surface area (TPSA) is 34.1 Å². The number of guanidine groups is 1. The number of hydrogen-bond donors (Lipinski definition) is 1. The summed E-state index contributed by atoms with van der Waals surface area (Å²) < 4.78 is 14.5. The molecule has 27 heavy (non-hydrogen) atoms. The van der Waals surface area contributed by atoms with Crippen molar-refractivity contribution in [3.63, 3.8) is 0 Å². The van der Waals surface area contributed by atoms with E-state index >= 15 is 0 Å². The summed E-state index contributed by atoms with van der Waals surface area (Å²) in [6, 6.07) is 6.11. The van der Waals surface area contributed by atoms with Gasteiger partial charge in [-0.2, -0.15) is 0 Å². The number of halogens is 1. The van der Waals surface area contributed by atoms with Crippen molar-refractivity contribution in [1.82, 2.24) is 15.1 Å². The fourth-order valence-corrected chi connectivity index (χ4v) is 4.02. The minimum Gasteiger partial charge on any atom is -0.370 e. The van der Waals surface area contributed by atoms with Gasteiger partial charge in [0, 0.05) is 58.9 Å². The highest BCUT2D eigenvalue weighted by Gasteiger charge is 2.29. The van der Waals surface area contributed by atoms with Crippen LogP contribution in [0.15, 0.2) is 35.3 Å². The lowest BCUT2D eigenvalue weighted by Crippen LogP contribution is -2.42. The molecule has 6 heteroatoms. The second-order valence-corrected chi connectivity index (χ2v) is 7.17. The third-order valence-electron chi connectivity index (χ3n) is 5.60. The minimum absolute atomic E-state index is 0.157. The first-order valence-corrected chi connectivity index (χ1v) is 10.0. The van der Waals surface area contributed by atoms with E-state index in [4.69, 9.17) is 0 Å². The van der Waals surface area contributed by atoms with Crippen molar-refractivity contribution in [2.45, 2.75) is 32.9 Å². The van der Waals surface area contributed by atoms with Gasteiger partial charge < -0.3 is 15.1 Å². The van der Waals surface area contributed by atoms with Crippen molar-refractivity contribution in [1.29, 1.82) is 0 Å². The number of likely N-dealkylation sites (tertiary alicyclic amines) is 1. The highest BCUT2D eigenvalue weighted by molar-refractivity contribution is 5.80. The van der Waals surface area contributed by atoms with Gasteiger partial charge in [0.05, 0.1) is 5.69 Å². The molecule has 148 valence electrons. The smallest absolute Gasteiger partial charge is 0.193 e. The molecule has 2 aliphatic rings. The van der Waals surface area contributed by atoms with E-state index in [1.165, 1.54) is 0 Å². The van der Waals surface area contributed by atoms with Crippen molar-refractivity contribution in [2.75, 3.05) is 51.2 Å². The van der Waals surface area contributed by atoms with Crippen LogP contribution in [0.4, 0.5) is 10.1 Å². The van der Waals surface area contributed by atoms with E-state index in [2.05, 4.69) is 32.3 Å². The summed E-state index contributed by atoms with van der Waals surface area (Å²) >= 11 is 0. The van der Waals surface area contributed by atoms with Crippen molar-refractivity contribution >= 4 is 11.6 Å². The molecule has 5 nitrogen and oxygen atoms in total. The van der Waals surface area contributed by atoms with E-state index in [0.717, 1.165) is 57.2 Å². The molecule has 2 heterocycles. The Morgan fingerprint density at radius 3 is 2.63 bits per heavy atom. The van der Waals surface area contributed by atoms with Gasteiger partial charge in [-0.1, -0.05) is 18.2 Å². The molecular weight excluding hydrogens is 341 g/mol. The van der Waals surface area contributed by atoms with Crippen molar-refractivity contribution in [2.24, 2.45) is 4.99 Å². The summed E-state index contributed by atoms with van der Waals surface area (Å²) in [7, 11) is 1.82. The zero-order valence-electron chi connectivity index (χ0n) is 16.8. The predicted octanol–water partition coefficient (Wildman–Crippen LogP) is 2.69. The molecular formula is C21H32FN5. The molecule has 1 unspecified atom stereocenters.